The third-order valence-electron chi connectivity index (χ3n) is 4.53. The van der Waals surface area contributed by atoms with Crippen LogP contribution in [0.25, 0.3) is 10.6 Å². The minimum absolute atomic E-state index is 0. The van der Waals surface area contributed by atoms with Gasteiger partial charge in [-0.25, -0.2) is 4.98 Å². The van der Waals surface area contributed by atoms with Crippen LogP contribution in [0.5, 0.6) is 5.75 Å². The number of benzene rings is 1. The number of carbonyl (C=O) groups is 1. The van der Waals surface area contributed by atoms with Crippen molar-refractivity contribution in [2.75, 3.05) is 14.2 Å². The Morgan fingerprint density at radius 1 is 1.28 bits per heavy atom. The molecule has 0 saturated heterocycles. The Morgan fingerprint density at radius 2 is 1.97 bits per heavy atom. The molecule has 2 atom stereocenters. The Labute approximate surface area is 180 Å². The summed E-state index contributed by atoms with van der Waals surface area (Å²) in [5, 5.41) is 11.2. The Hall–Kier alpha value is -2.42. The molecule has 3 rings (SSSR count). The summed E-state index contributed by atoms with van der Waals surface area (Å²) < 4.78 is 6.90. The van der Waals surface area contributed by atoms with Crippen LogP contribution in [0.3, 0.4) is 0 Å². The molecule has 0 aliphatic carbocycles. The van der Waals surface area contributed by atoms with Crippen molar-refractivity contribution < 1.29 is 9.53 Å². The molecule has 0 spiro atoms. The van der Waals surface area contributed by atoms with E-state index in [-0.39, 0.29) is 24.4 Å². The molecule has 0 aliphatic rings. The number of carbonyl (C=O) groups excluding carboxylic acids is 1. The Balaban J connectivity index is 0.00000300. The van der Waals surface area contributed by atoms with Crippen molar-refractivity contribution in [1.82, 2.24) is 25.4 Å². The quantitative estimate of drug-likeness (QED) is 0.594. The van der Waals surface area contributed by atoms with Gasteiger partial charge in [0.25, 0.3) is 0 Å². The average molecular weight is 436 g/mol. The van der Waals surface area contributed by atoms with E-state index < -0.39 is 6.04 Å². The topological polar surface area (TPSA) is 81.1 Å². The Kier molecular flexibility index (Phi) is 7.78. The van der Waals surface area contributed by atoms with Gasteiger partial charge in [-0.3, -0.25) is 9.48 Å². The van der Waals surface area contributed by atoms with Crippen molar-refractivity contribution in [3.05, 3.63) is 52.8 Å². The number of nitrogens with one attached hydrogen (secondary N) is 2. The van der Waals surface area contributed by atoms with E-state index in [0.29, 0.717) is 0 Å². The van der Waals surface area contributed by atoms with Gasteiger partial charge in [0.1, 0.15) is 16.8 Å². The van der Waals surface area contributed by atoms with Crippen LogP contribution in [-0.4, -0.2) is 34.8 Å². The third-order valence-corrected chi connectivity index (χ3v) is 5.92. The summed E-state index contributed by atoms with van der Waals surface area (Å²) in [5.74, 6) is 0.716. The van der Waals surface area contributed by atoms with Crippen molar-refractivity contribution in [1.29, 1.82) is 0 Å². The molecule has 9 heteroatoms. The molecule has 7 nitrogen and oxygen atoms in total. The van der Waals surface area contributed by atoms with Crippen molar-refractivity contribution in [2.24, 2.45) is 7.05 Å². The van der Waals surface area contributed by atoms with Crippen LogP contribution in [-0.2, 0) is 11.8 Å². The number of amides is 1. The predicted molar refractivity (Wildman–Crippen MR) is 118 cm³/mol. The monoisotopic (exact) mass is 435 g/mol. The van der Waals surface area contributed by atoms with Crippen molar-refractivity contribution in [3.8, 4) is 16.3 Å². The lowest BCUT2D eigenvalue weighted by molar-refractivity contribution is -0.123. The zero-order chi connectivity index (χ0) is 20.3. The summed E-state index contributed by atoms with van der Waals surface area (Å²) in [6.45, 7) is 3.95. The van der Waals surface area contributed by atoms with Gasteiger partial charge in [-0.1, -0.05) is 0 Å². The lowest BCUT2D eigenvalue weighted by Gasteiger charge is -2.18. The molecule has 0 fully saturated rings. The fraction of sp³-hybridized carbons (Fsp3) is 0.350. The highest BCUT2D eigenvalue weighted by molar-refractivity contribution is 7.15. The molecule has 2 heterocycles. The van der Waals surface area contributed by atoms with Gasteiger partial charge >= 0.3 is 0 Å². The van der Waals surface area contributed by atoms with Crippen molar-refractivity contribution in [2.45, 2.75) is 25.9 Å². The molecular formula is C20H26ClN5O2S. The minimum atomic E-state index is -0.453. The van der Waals surface area contributed by atoms with Gasteiger partial charge in [0.15, 0.2) is 0 Å². The summed E-state index contributed by atoms with van der Waals surface area (Å²) in [7, 11) is 5.24. The first-order chi connectivity index (χ1) is 13.4. The lowest BCUT2D eigenvalue weighted by Crippen LogP contribution is -2.37. The highest BCUT2D eigenvalue weighted by Crippen LogP contribution is 2.32. The summed E-state index contributed by atoms with van der Waals surface area (Å²) in [6, 6.07) is 7.22. The van der Waals surface area contributed by atoms with Gasteiger partial charge in [0.05, 0.1) is 29.9 Å². The van der Waals surface area contributed by atoms with E-state index in [1.807, 2.05) is 51.4 Å². The Morgan fingerprint density at radius 3 is 2.52 bits per heavy atom. The first-order valence-corrected chi connectivity index (χ1v) is 9.82. The van der Waals surface area contributed by atoms with E-state index in [2.05, 4.69) is 20.7 Å². The molecular weight excluding hydrogens is 410 g/mol. The second-order valence-electron chi connectivity index (χ2n) is 6.60. The molecule has 2 unspecified atom stereocenters. The first kappa shape index (κ1) is 22.9. The molecule has 156 valence electrons. The number of nitrogens with zero attached hydrogens (tertiary/aromatic N) is 3. The fourth-order valence-electron chi connectivity index (χ4n) is 3.07. The molecule has 0 saturated carbocycles. The number of aryl methyl sites for hydroxylation is 2. The van der Waals surface area contributed by atoms with E-state index in [0.717, 1.165) is 32.5 Å². The number of ether oxygens (including phenoxy) is 1. The van der Waals surface area contributed by atoms with E-state index in [9.17, 15) is 4.79 Å². The van der Waals surface area contributed by atoms with Crippen LogP contribution < -0.4 is 15.4 Å². The summed E-state index contributed by atoms with van der Waals surface area (Å²) in [4.78, 5) is 18.5. The first-order valence-electron chi connectivity index (χ1n) is 9.01. The van der Waals surface area contributed by atoms with Crippen molar-refractivity contribution in [3.63, 3.8) is 0 Å². The number of hydrogen-bond acceptors (Lipinski definition) is 6. The average Bonchev–Trinajstić information content (AvgIpc) is 3.28. The van der Waals surface area contributed by atoms with E-state index >= 15 is 0 Å². The highest BCUT2D eigenvalue weighted by atomic mass is 35.5. The largest absolute Gasteiger partial charge is 0.497 e. The summed E-state index contributed by atoms with van der Waals surface area (Å²) in [5.41, 5.74) is 2.78. The molecule has 0 radical (unpaired) electrons. The summed E-state index contributed by atoms with van der Waals surface area (Å²) in [6.07, 6.45) is 3.54. The Bertz CT molecular complexity index is 954. The van der Waals surface area contributed by atoms with E-state index in [1.165, 1.54) is 0 Å². The van der Waals surface area contributed by atoms with Crippen LogP contribution in [0.1, 0.15) is 35.1 Å². The highest BCUT2D eigenvalue weighted by Gasteiger charge is 2.24. The maximum Gasteiger partial charge on any atom is 0.242 e. The number of aromatic nitrogens is 3. The van der Waals surface area contributed by atoms with Gasteiger partial charge in [0.2, 0.25) is 5.91 Å². The fourth-order valence-corrected chi connectivity index (χ4v) is 4.14. The molecule has 0 bridgehead atoms. The van der Waals surface area contributed by atoms with Crippen molar-refractivity contribution >= 4 is 29.7 Å². The van der Waals surface area contributed by atoms with Gasteiger partial charge in [0, 0.05) is 24.4 Å². The maximum absolute atomic E-state index is 12.8. The van der Waals surface area contributed by atoms with Crippen LogP contribution in [0.4, 0.5) is 0 Å². The van der Waals surface area contributed by atoms with E-state index in [1.54, 1.807) is 36.4 Å². The molecule has 1 aromatic carbocycles. The zero-order valence-electron chi connectivity index (χ0n) is 17.1. The smallest absolute Gasteiger partial charge is 0.242 e. The molecule has 1 amide bonds. The summed E-state index contributed by atoms with van der Waals surface area (Å²) >= 11 is 1.59. The van der Waals surface area contributed by atoms with Crippen LogP contribution >= 0.6 is 23.7 Å². The minimum Gasteiger partial charge on any atom is -0.497 e. The number of rotatable bonds is 7. The maximum atomic E-state index is 12.8. The number of methoxy groups -OCH3 is 1. The number of likely N-dealkylation sites (N-methyl/N-ethyl adjacent to an activating group) is 1. The molecule has 3 aromatic rings. The van der Waals surface area contributed by atoms with Gasteiger partial charge in [-0.15, -0.1) is 23.7 Å². The number of hydrogen-bond donors (Lipinski definition) is 2. The standard InChI is InChI=1S/C20H25N5O2S.ClH/c1-12(23-19(26)17(21-3)15-10-22-25(4)11-15)18-13(2)24-20(28-18)14-6-8-16(27-5)9-7-14;/h6-12,17,21H,1-5H3,(H,23,26);1H. The number of thiazole rings is 1. The van der Waals surface area contributed by atoms with Crippen LogP contribution in [0, 0.1) is 6.92 Å². The van der Waals surface area contributed by atoms with Gasteiger partial charge < -0.3 is 15.4 Å². The second kappa shape index (κ2) is 9.87. The van der Waals surface area contributed by atoms with E-state index in [4.69, 9.17) is 4.74 Å². The SMILES string of the molecule is CNC(C(=O)NC(C)c1sc(-c2ccc(OC)cc2)nc1C)c1cnn(C)c1.Cl. The molecule has 29 heavy (non-hydrogen) atoms. The van der Waals surface area contributed by atoms with Crippen LogP contribution in [0.15, 0.2) is 36.7 Å². The molecule has 2 N–H and O–H groups in total. The third kappa shape index (κ3) is 5.14. The number of halogens is 1. The van der Waals surface area contributed by atoms with Crippen LogP contribution in [0.2, 0.25) is 0 Å². The zero-order valence-corrected chi connectivity index (χ0v) is 18.7. The predicted octanol–water partition coefficient (Wildman–Crippen LogP) is 3.42. The molecule has 2 aromatic heterocycles. The molecule has 0 aliphatic heterocycles. The van der Waals surface area contributed by atoms with Gasteiger partial charge in [-0.05, 0) is 45.2 Å². The second-order valence-corrected chi connectivity index (χ2v) is 7.63. The normalized spacial score (nSPS) is 12.7. The van der Waals surface area contributed by atoms with Gasteiger partial charge in [-0.2, -0.15) is 5.10 Å². The lowest BCUT2D eigenvalue weighted by atomic mass is 10.1.